The van der Waals surface area contributed by atoms with Gasteiger partial charge in [0.1, 0.15) is 11.9 Å². The molecule has 0 bridgehead atoms. The molecule has 1 aromatic heterocycles. The number of ether oxygens (including phenoxy) is 1. The molecule has 1 unspecified atom stereocenters. The van der Waals surface area contributed by atoms with E-state index in [1.165, 1.54) is 0 Å². The highest BCUT2D eigenvalue weighted by Crippen LogP contribution is 2.21. The van der Waals surface area contributed by atoms with Crippen LogP contribution >= 0.6 is 0 Å². The molecule has 104 valence electrons. The number of hydrogen-bond donors (Lipinski definition) is 2. The quantitative estimate of drug-likeness (QED) is 0.827. The number of likely N-dealkylation sites (N-methyl/N-ethyl adjacent to an activating group) is 1. The second-order valence-electron chi connectivity index (χ2n) is 4.33. The zero-order chi connectivity index (χ0) is 13.7. The maximum atomic E-state index is 11.9. The zero-order valence-corrected chi connectivity index (χ0v) is 11.3. The highest BCUT2D eigenvalue weighted by molar-refractivity contribution is 5.85. The zero-order valence-electron chi connectivity index (χ0n) is 11.3. The van der Waals surface area contributed by atoms with Gasteiger partial charge in [-0.3, -0.25) is 4.79 Å². The predicted molar refractivity (Wildman–Crippen MR) is 74.4 cm³/mol. The minimum atomic E-state index is -0.282. The second-order valence-corrected chi connectivity index (χ2v) is 4.33. The standard InChI is InChI=1S/C13H20N4O2/c1-3-15-12-8-10(4-5-16-12)17-6-7-19-9-11(17)13(18)14-2/h4-5,8,11H,3,6-7,9H2,1-2H3,(H,14,18)(H,15,16). The summed E-state index contributed by atoms with van der Waals surface area (Å²) in [5.74, 6) is 0.795. The maximum absolute atomic E-state index is 11.9. The molecule has 2 heterocycles. The molecule has 1 aliphatic rings. The van der Waals surface area contributed by atoms with Gasteiger partial charge in [0.05, 0.1) is 13.2 Å². The molecule has 1 aromatic rings. The van der Waals surface area contributed by atoms with Crippen molar-refractivity contribution in [2.45, 2.75) is 13.0 Å². The fraction of sp³-hybridized carbons (Fsp3) is 0.538. The Balaban J connectivity index is 2.21. The van der Waals surface area contributed by atoms with Gasteiger partial charge < -0.3 is 20.3 Å². The van der Waals surface area contributed by atoms with E-state index in [1.54, 1.807) is 13.2 Å². The van der Waals surface area contributed by atoms with E-state index in [1.807, 2.05) is 19.1 Å². The van der Waals surface area contributed by atoms with Gasteiger partial charge in [-0.15, -0.1) is 0 Å². The third-order valence-corrected chi connectivity index (χ3v) is 3.11. The molecule has 0 spiro atoms. The molecule has 2 rings (SSSR count). The van der Waals surface area contributed by atoms with Gasteiger partial charge in [-0.1, -0.05) is 0 Å². The van der Waals surface area contributed by atoms with Crippen LogP contribution in [0, 0.1) is 0 Å². The summed E-state index contributed by atoms with van der Waals surface area (Å²) in [5.41, 5.74) is 0.989. The number of anilines is 2. The van der Waals surface area contributed by atoms with Crippen LogP contribution in [0.3, 0.4) is 0 Å². The van der Waals surface area contributed by atoms with Gasteiger partial charge in [-0.25, -0.2) is 4.98 Å². The Bertz CT molecular complexity index is 438. The van der Waals surface area contributed by atoms with E-state index in [2.05, 4.69) is 20.5 Å². The maximum Gasteiger partial charge on any atom is 0.244 e. The molecule has 1 aliphatic heterocycles. The van der Waals surface area contributed by atoms with E-state index in [-0.39, 0.29) is 11.9 Å². The molecule has 1 saturated heterocycles. The van der Waals surface area contributed by atoms with E-state index in [9.17, 15) is 4.79 Å². The Morgan fingerprint density at radius 3 is 3.21 bits per heavy atom. The van der Waals surface area contributed by atoms with Crippen molar-refractivity contribution in [1.82, 2.24) is 10.3 Å². The van der Waals surface area contributed by atoms with Crippen molar-refractivity contribution in [3.05, 3.63) is 18.3 Å². The van der Waals surface area contributed by atoms with Crippen molar-refractivity contribution in [3.63, 3.8) is 0 Å². The summed E-state index contributed by atoms with van der Waals surface area (Å²) >= 11 is 0. The lowest BCUT2D eigenvalue weighted by Gasteiger charge is -2.36. The van der Waals surface area contributed by atoms with E-state index in [0.29, 0.717) is 19.8 Å². The van der Waals surface area contributed by atoms with Gasteiger partial charge in [0.25, 0.3) is 0 Å². The van der Waals surface area contributed by atoms with Crippen molar-refractivity contribution in [1.29, 1.82) is 0 Å². The van der Waals surface area contributed by atoms with Crippen molar-refractivity contribution in [3.8, 4) is 0 Å². The van der Waals surface area contributed by atoms with Gasteiger partial charge in [0, 0.05) is 38.1 Å². The van der Waals surface area contributed by atoms with Crippen molar-refractivity contribution >= 4 is 17.4 Å². The topological polar surface area (TPSA) is 66.5 Å². The second kappa shape index (κ2) is 6.38. The molecule has 6 nitrogen and oxygen atoms in total. The SMILES string of the molecule is CCNc1cc(N2CCOCC2C(=O)NC)ccn1. The van der Waals surface area contributed by atoms with Crippen LogP contribution in [0.25, 0.3) is 0 Å². The number of nitrogens with one attached hydrogen (secondary N) is 2. The number of hydrogen-bond acceptors (Lipinski definition) is 5. The summed E-state index contributed by atoms with van der Waals surface area (Å²) in [6, 6.07) is 3.60. The molecule has 0 radical (unpaired) electrons. The number of rotatable bonds is 4. The van der Waals surface area contributed by atoms with Crippen molar-refractivity contribution in [2.75, 3.05) is 43.6 Å². The van der Waals surface area contributed by atoms with Crippen LogP contribution in [0.1, 0.15) is 6.92 Å². The first-order valence-corrected chi connectivity index (χ1v) is 6.52. The first-order chi connectivity index (χ1) is 9.26. The normalized spacial score (nSPS) is 19.1. The Morgan fingerprint density at radius 2 is 2.47 bits per heavy atom. The number of nitrogens with zero attached hydrogens (tertiary/aromatic N) is 2. The van der Waals surface area contributed by atoms with Gasteiger partial charge in [0.15, 0.2) is 0 Å². The van der Waals surface area contributed by atoms with Crippen LogP contribution in [0.2, 0.25) is 0 Å². The molecule has 19 heavy (non-hydrogen) atoms. The van der Waals surface area contributed by atoms with E-state index in [0.717, 1.165) is 18.1 Å². The monoisotopic (exact) mass is 264 g/mol. The Morgan fingerprint density at radius 1 is 1.63 bits per heavy atom. The molecule has 1 amide bonds. The number of morpholine rings is 1. The molecular formula is C13H20N4O2. The lowest BCUT2D eigenvalue weighted by atomic mass is 10.2. The third kappa shape index (κ3) is 3.14. The van der Waals surface area contributed by atoms with Crippen LogP contribution in [0.4, 0.5) is 11.5 Å². The molecule has 1 fully saturated rings. The van der Waals surface area contributed by atoms with Gasteiger partial charge in [-0.2, -0.15) is 0 Å². The first-order valence-electron chi connectivity index (χ1n) is 6.52. The molecule has 2 N–H and O–H groups in total. The third-order valence-electron chi connectivity index (χ3n) is 3.11. The molecule has 0 saturated carbocycles. The number of amides is 1. The van der Waals surface area contributed by atoms with Crippen molar-refractivity contribution in [2.24, 2.45) is 0 Å². The van der Waals surface area contributed by atoms with Gasteiger partial charge in [-0.05, 0) is 13.0 Å². The van der Waals surface area contributed by atoms with Crippen LogP contribution < -0.4 is 15.5 Å². The van der Waals surface area contributed by atoms with E-state index >= 15 is 0 Å². The highest BCUT2D eigenvalue weighted by atomic mass is 16.5. The molecule has 0 aliphatic carbocycles. The van der Waals surface area contributed by atoms with E-state index < -0.39 is 0 Å². The smallest absolute Gasteiger partial charge is 0.244 e. The highest BCUT2D eigenvalue weighted by Gasteiger charge is 2.29. The van der Waals surface area contributed by atoms with Gasteiger partial charge in [0.2, 0.25) is 5.91 Å². The van der Waals surface area contributed by atoms with E-state index in [4.69, 9.17) is 4.74 Å². The summed E-state index contributed by atoms with van der Waals surface area (Å²) in [4.78, 5) is 18.2. The Labute approximate surface area is 113 Å². The Kier molecular flexibility index (Phi) is 4.57. The molecule has 1 atom stereocenters. The number of carbonyl (C=O) groups is 1. The van der Waals surface area contributed by atoms with Crippen LogP contribution in [-0.2, 0) is 9.53 Å². The molecule has 6 heteroatoms. The average molecular weight is 264 g/mol. The number of carbonyl (C=O) groups excluding carboxylic acids is 1. The largest absolute Gasteiger partial charge is 0.377 e. The summed E-state index contributed by atoms with van der Waals surface area (Å²) in [5, 5.41) is 5.86. The minimum absolute atomic E-state index is 0.0264. The minimum Gasteiger partial charge on any atom is -0.377 e. The molecule has 0 aromatic carbocycles. The fourth-order valence-corrected chi connectivity index (χ4v) is 2.17. The van der Waals surface area contributed by atoms with Crippen LogP contribution in [-0.4, -0.2) is 50.3 Å². The summed E-state index contributed by atoms with van der Waals surface area (Å²) < 4.78 is 5.40. The summed E-state index contributed by atoms with van der Waals surface area (Å²) in [6.45, 7) is 4.59. The van der Waals surface area contributed by atoms with Crippen LogP contribution in [0.5, 0.6) is 0 Å². The fourth-order valence-electron chi connectivity index (χ4n) is 2.17. The molecular weight excluding hydrogens is 244 g/mol. The number of aromatic nitrogens is 1. The van der Waals surface area contributed by atoms with Crippen molar-refractivity contribution < 1.29 is 9.53 Å². The lowest BCUT2D eigenvalue weighted by molar-refractivity contribution is -0.124. The Hall–Kier alpha value is -1.82. The van der Waals surface area contributed by atoms with Gasteiger partial charge >= 0.3 is 0 Å². The first kappa shape index (κ1) is 13.6. The number of pyridine rings is 1. The predicted octanol–water partition coefficient (Wildman–Crippen LogP) is 0.465. The summed E-state index contributed by atoms with van der Waals surface area (Å²) in [6.07, 6.45) is 1.75. The van der Waals surface area contributed by atoms with Crippen LogP contribution in [0.15, 0.2) is 18.3 Å². The average Bonchev–Trinajstić information content (AvgIpc) is 2.47. The lowest BCUT2D eigenvalue weighted by Crippen LogP contribution is -2.53. The summed E-state index contributed by atoms with van der Waals surface area (Å²) in [7, 11) is 1.64.